The largest absolute Gasteiger partial charge is 0.310 e. The zero-order valence-corrected chi connectivity index (χ0v) is 22.5. The highest BCUT2D eigenvalue weighted by molar-refractivity contribution is 7.94. The zero-order chi connectivity index (χ0) is 27.3. The number of rotatable bonds is 10. The average Bonchev–Trinajstić information content (AvgIpc) is 3.26. The summed E-state index contributed by atoms with van der Waals surface area (Å²) in [6.07, 6.45) is 9.72. The number of nitrogens with one attached hydrogen (secondary N) is 1. The maximum absolute atomic E-state index is 13.5. The first kappa shape index (κ1) is 27.1. The summed E-state index contributed by atoms with van der Waals surface area (Å²) in [7, 11) is -8.25. The number of carbonyl (C=O) groups excluding carboxylic acids is 1. The molecule has 0 bridgehead atoms. The summed E-state index contributed by atoms with van der Waals surface area (Å²) in [5.74, 6) is -1.45. The van der Waals surface area contributed by atoms with Gasteiger partial charge in [-0.25, -0.2) is 22.3 Å². The highest BCUT2D eigenvalue weighted by Crippen LogP contribution is 2.36. The molecule has 0 spiro atoms. The number of aromatic nitrogens is 3. The van der Waals surface area contributed by atoms with Gasteiger partial charge in [-0.3, -0.25) is 14.8 Å². The lowest BCUT2D eigenvalue weighted by Crippen LogP contribution is -2.23. The van der Waals surface area contributed by atoms with Crippen LogP contribution in [-0.4, -0.2) is 54.8 Å². The van der Waals surface area contributed by atoms with Crippen LogP contribution in [0.3, 0.4) is 0 Å². The van der Waals surface area contributed by atoms with E-state index in [4.69, 9.17) is 0 Å². The van der Waals surface area contributed by atoms with Crippen LogP contribution >= 0.6 is 0 Å². The highest BCUT2D eigenvalue weighted by atomic mass is 32.2. The van der Waals surface area contributed by atoms with Crippen LogP contribution in [0.2, 0.25) is 0 Å². The van der Waals surface area contributed by atoms with E-state index >= 15 is 0 Å². The number of nitrogens with zero attached hydrogens (tertiary/aromatic N) is 4. The number of carbonyl (C=O) groups is 1. The lowest BCUT2D eigenvalue weighted by atomic mass is 10.1. The fourth-order valence-electron chi connectivity index (χ4n) is 4.14. The van der Waals surface area contributed by atoms with Crippen LogP contribution < -0.4 is 5.43 Å². The first-order chi connectivity index (χ1) is 18.2. The smallest absolute Gasteiger partial charge is 0.289 e. The molecule has 0 fully saturated rings. The van der Waals surface area contributed by atoms with Gasteiger partial charge < -0.3 is 4.40 Å². The van der Waals surface area contributed by atoms with E-state index in [1.807, 2.05) is 0 Å². The molecule has 0 aromatic carbocycles. The molecule has 0 aliphatic heterocycles. The summed E-state index contributed by atoms with van der Waals surface area (Å²) in [6, 6.07) is 10.1. The van der Waals surface area contributed by atoms with Gasteiger partial charge in [-0.1, -0.05) is 13.8 Å². The van der Waals surface area contributed by atoms with Crippen LogP contribution in [0.25, 0.3) is 16.6 Å². The Kier molecular flexibility index (Phi) is 8.02. The molecule has 0 saturated heterocycles. The van der Waals surface area contributed by atoms with Gasteiger partial charge in [-0.05, 0) is 65.9 Å². The third-order valence-corrected chi connectivity index (χ3v) is 9.81. The normalized spacial score (nSPS) is 12.3. The summed E-state index contributed by atoms with van der Waals surface area (Å²) >= 11 is 0. The Hall–Kier alpha value is -3.90. The Labute approximate surface area is 221 Å². The molecule has 0 unspecified atom stereocenters. The maximum atomic E-state index is 13.5. The molecule has 1 amide bonds. The van der Waals surface area contributed by atoms with Gasteiger partial charge >= 0.3 is 0 Å². The third-order valence-electron chi connectivity index (χ3n) is 5.73. The number of hydrogen-bond donors (Lipinski definition) is 1. The van der Waals surface area contributed by atoms with E-state index in [0.29, 0.717) is 11.1 Å². The number of hydrogen-bond acceptors (Lipinski definition) is 8. The molecule has 4 heterocycles. The minimum atomic E-state index is -4.17. The lowest BCUT2D eigenvalue weighted by molar-refractivity contribution is 0.0945. The van der Waals surface area contributed by atoms with Crippen LogP contribution in [0, 0.1) is 0 Å². The molecular formula is C26H27N5O5S2. The van der Waals surface area contributed by atoms with Crippen LogP contribution in [0.4, 0.5) is 0 Å². The molecule has 12 heteroatoms. The van der Waals surface area contributed by atoms with E-state index < -0.39 is 30.5 Å². The molecule has 4 rings (SSSR count). The number of amides is 1. The summed E-state index contributed by atoms with van der Waals surface area (Å²) in [6.45, 7) is 3.37. The van der Waals surface area contributed by atoms with E-state index in [-0.39, 0.29) is 40.5 Å². The predicted octanol–water partition coefficient (Wildman–Crippen LogP) is 3.53. The van der Waals surface area contributed by atoms with Crippen molar-refractivity contribution >= 4 is 37.3 Å². The average molecular weight is 554 g/mol. The zero-order valence-electron chi connectivity index (χ0n) is 20.9. The Balaban J connectivity index is 1.99. The van der Waals surface area contributed by atoms with Gasteiger partial charge in [0.15, 0.2) is 19.7 Å². The molecule has 0 atom stereocenters. The van der Waals surface area contributed by atoms with E-state index in [0.717, 1.165) is 5.56 Å². The van der Waals surface area contributed by atoms with Crippen molar-refractivity contribution in [1.82, 2.24) is 19.8 Å². The Morgan fingerprint density at radius 3 is 2.05 bits per heavy atom. The molecule has 0 aliphatic carbocycles. The maximum Gasteiger partial charge on any atom is 0.289 e. The van der Waals surface area contributed by atoms with Gasteiger partial charge in [-0.2, -0.15) is 5.10 Å². The minimum absolute atomic E-state index is 0.103. The number of fused-ring (bicyclic) bond motifs is 1. The molecule has 38 heavy (non-hydrogen) atoms. The van der Waals surface area contributed by atoms with E-state index in [1.165, 1.54) is 16.8 Å². The van der Waals surface area contributed by atoms with E-state index in [2.05, 4.69) is 20.5 Å². The fraction of sp³-hybridized carbons (Fsp3) is 0.231. The van der Waals surface area contributed by atoms with Gasteiger partial charge in [0, 0.05) is 31.0 Å². The number of hydrazone groups is 1. The molecule has 4 aromatic heterocycles. The van der Waals surface area contributed by atoms with Crippen molar-refractivity contribution in [3.05, 3.63) is 78.6 Å². The minimum Gasteiger partial charge on any atom is -0.310 e. The number of sulfone groups is 2. The molecular weight excluding hydrogens is 526 g/mol. The van der Waals surface area contributed by atoms with Gasteiger partial charge in [0.2, 0.25) is 0 Å². The first-order valence-electron chi connectivity index (χ1n) is 12.0. The molecule has 0 saturated carbocycles. The SMILES string of the molecule is CCCS(=O)(=O)c1c(S(=O)(=O)CCC)c2cc(-c3ccncc3)ccn2c1C(=O)NN=Cc1ccncc1. The standard InChI is InChI=1S/C26H27N5O5S2/c1-3-15-37(33,34)24-22-17-21(20-7-12-28-13-8-20)9-14-31(22)23(25(24)38(35,36)16-4-2)26(32)30-29-18-19-5-10-27-11-6-19/h5-14,17-18H,3-4,15-16H2,1-2H3,(H,30,32). The lowest BCUT2D eigenvalue weighted by Gasteiger charge is -2.08. The van der Waals surface area contributed by atoms with E-state index in [1.54, 1.807) is 75.0 Å². The second-order valence-corrected chi connectivity index (χ2v) is 12.6. The second-order valence-electron chi connectivity index (χ2n) is 8.53. The predicted molar refractivity (Wildman–Crippen MR) is 145 cm³/mol. The molecule has 0 aliphatic rings. The quantitative estimate of drug-likeness (QED) is 0.234. The van der Waals surface area contributed by atoms with Crippen molar-refractivity contribution in [2.75, 3.05) is 11.5 Å². The second kappa shape index (κ2) is 11.2. The molecule has 1 N–H and O–H groups in total. The summed E-state index contributed by atoms with van der Waals surface area (Å²) in [4.78, 5) is 20.5. The summed E-state index contributed by atoms with van der Waals surface area (Å²) < 4.78 is 55.5. The fourth-order valence-corrected chi connectivity index (χ4v) is 8.11. The van der Waals surface area contributed by atoms with Crippen LogP contribution in [-0.2, 0) is 19.7 Å². The van der Waals surface area contributed by atoms with Crippen molar-refractivity contribution < 1.29 is 21.6 Å². The Morgan fingerprint density at radius 1 is 0.868 bits per heavy atom. The van der Waals surface area contributed by atoms with Crippen molar-refractivity contribution in [3.8, 4) is 11.1 Å². The van der Waals surface area contributed by atoms with Gasteiger partial charge in [0.05, 0.1) is 23.2 Å². The molecule has 4 aromatic rings. The van der Waals surface area contributed by atoms with Gasteiger partial charge in [0.25, 0.3) is 5.91 Å². The van der Waals surface area contributed by atoms with Crippen molar-refractivity contribution in [2.45, 2.75) is 36.5 Å². The highest BCUT2D eigenvalue weighted by Gasteiger charge is 2.37. The van der Waals surface area contributed by atoms with Crippen LogP contribution in [0.15, 0.2) is 82.3 Å². The first-order valence-corrected chi connectivity index (χ1v) is 15.3. The van der Waals surface area contributed by atoms with Gasteiger partial charge in [0.1, 0.15) is 15.5 Å². The van der Waals surface area contributed by atoms with Crippen LogP contribution in [0.1, 0.15) is 42.7 Å². The van der Waals surface area contributed by atoms with Gasteiger partial charge in [-0.15, -0.1) is 0 Å². The third kappa shape index (κ3) is 5.50. The van der Waals surface area contributed by atoms with E-state index in [9.17, 15) is 21.6 Å². The van der Waals surface area contributed by atoms with Crippen molar-refractivity contribution in [3.63, 3.8) is 0 Å². The van der Waals surface area contributed by atoms with Crippen LogP contribution in [0.5, 0.6) is 0 Å². The molecule has 0 radical (unpaired) electrons. The summed E-state index contributed by atoms with van der Waals surface area (Å²) in [5.41, 5.74) is 4.22. The van der Waals surface area contributed by atoms with Crippen molar-refractivity contribution in [2.24, 2.45) is 5.10 Å². The topological polar surface area (TPSA) is 140 Å². The Morgan fingerprint density at radius 2 is 1.45 bits per heavy atom. The Bertz CT molecular complexity index is 1700. The number of pyridine rings is 3. The van der Waals surface area contributed by atoms with Crippen molar-refractivity contribution in [1.29, 1.82) is 0 Å². The monoisotopic (exact) mass is 553 g/mol. The molecule has 10 nitrogen and oxygen atoms in total. The molecule has 198 valence electrons. The summed E-state index contributed by atoms with van der Waals surface area (Å²) in [5, 5.41) is 3.95.